The molecule has 3 aromatic carbocycles. The number of rotatable bonds is 30. The van der Waals surface area contributed by atoms with E-state index in [9.17, 15) is 72.9 Å². The van der Waals surface area contributed by atoms with Crippen LogP contribution in [0.4, 0.5) is 34.9 Å². The van der Waals surface area contributed by atoms with Crippen LogP contribution in [0.25, 0.3) is 33.5 Å². The molecular weight excluding hydrogens is 1300 g/mol. The van der Waals surface area contributed by atoms with Crippen molar-refractivity contribution in [1.29, 1.82) is 0 Å². The van der Waals surface area contributed by atoms with Gasteiger partial charge in [0.15, 0.2) is 33.5 Å². The maximum Gasteiger partial charge on any atom is 0.537 e. The molecule has 0 bridgehead atoms. The van der Waals surface area contributed by atoms with Gasteiger partial charge in [-0.2, -0.15) is 15.0 Å². The first-order chi connectivity index (χ1) is 46.4. The number of aromatic nitrogens is 12. The number of carbonyl (C=O) groups excluding carboxylic acids is 6. The summed E-state index contributed by atoms with van der Waals surface area (Å²) in [4.78, 5) is 197. The van der Waals surface area contributed by atoms with Gasteiger partial charge in [0.2, 0.25) is 17.8 Å². The van der Waals surface area contributed by atoms with Crippen molar-refractivity contribution in [2.24, 2.45) is 0 Å². The van der Waals surface area contributed by atoms with Crippen LogP contribution in [0.15, 0.2) is 106 Å². The second-order valence-corrected chi connectivity index (χ2v) is 21.6. The second kappa shape index (κ2) is 30.9. The third-order valence-corrected chi connectivity index (χ3v) is 14.6. The fraction of sp³-hybridized carbons (Fsp3) is 0.211. The van der Waals surface area contributed by atoms with Crippen molar-refractivity contribution in [1.82, 2.24) is 75.8 Å². The molecule has 6 aromatic heterocycles. The number of carbonyl (C=O) groups is 9. The van der Waals surface area contributed by atoms with E-state index in [1.165, 1.54) is 91.4 Å². The predicted octanol–water partition coefficient (Wildman–Crippen LogP) is 0.496. The topological polar surface area (TPSA) is 607 Å². The second-order valence-electron chi connectivity index (χ2n) is 20.6. The highest BCUT2D eigenvalue weighted by atomic mass is 31.2. The lowest BCUT2D eigenvalue weighted by Crippen LogP contribution is -2.41. The maximum atomic E-state index is 13.4. The normalized spacial score (nSPS) is 12.0. The Bertz CT molecular complexity index is 4250. The number of benzene rings is 3. The van der Waals surface area contributed by atoms with Gasteiger partial charge in [-0.1, -0.05) is 0 Å². The molecule has 0 radical (unpaired) electrons. The van der Waals surface area contributed by atoms with Gasteiger partial charge >= 0.3 is 44.4 Å². The summed E-state index contributed by atoms with van der Waals surface area (Å²) in [5.41, 5.74) is 17.3. The monoisotopic (exact) mass is 1350 g/mol. The van der Waals surface area contributed by atoms with Gasteiger partial charge < -0.3 is 78.0 Å². The van der Waals surface area contributed by atoms with Crippen molar-refractivity contribution in [2.45, 2.75) is 76.3 Å². The molecular formula is C57H54N21O18P. The summed E-state index contributed by atoms with van der Waals surface area (Å²) in [5.74, 6) is -11.9. The molecule has 9 rings (SSSR count). The number of nitrogens with zero attached hydrogens (tertiary/aromatic N) is 9. The fourth-order valence-corrected chi connectivity index (χ4v) is 9.57. The van der Waals surface area contributed by atoms with E-state index in [0.29, 0.717) is 34.1 Å². The molecule has 6 heterocycles. The van der Waals surface area contributed by atoms with Gasteiger partial charge in [-0.05, 0) is 92.1 Å². The number of aromatic amines is 3. The van der Waals surface area contributed by atoms with Crippen LogP contribution in [0.1, 0.15) is 86.7 Å². The van der Waals surface area contributed by atoms with E-state index in [2.05, 4.69) is 91.7 Å². The Morgan fingerprint density at radius 2 is 0.670 bits per heavy atom. The highest BCUT2D eigenvalue weighted by Crippen LogP contribution is 2.42. The summed E-state index contributed by atoms with van der Waals surface area (Å²) in [6.45, 7) is 0.227. The average molecular weight is 1350 g/mol. The zero-order valence-electron chi connectivity index (χ0n) is 49.9. The Kier molecular flexibility index (Phi) is 21.7. The van der Waals surface area contributed by atoms with E-state index in [0.717, 1.165) is 0 Å². The van der Waals surface area contributed by atoms with Gasteiger partial charge in [0, 0.05) is 53.0 Å². The number of carboxylic acids is 3. The van der Waals surface area contributed by atoms with Crippen molar-refractivity contribution in [3.8, 4) is 0 Å². The first kappa shape index (κ1) is 68.2. The van der Waals surface area contributed by atoms with E-state index in [1.54, 1.807) is 0 Å². The number of aliphatic carboxylic acids is 3. The van der Waals surface area contributed by atoms with Crippen LogP contribution in [-0.2, 0) is 62.0 Å². The number of carboxylic acid groups (broad SMARTS) is 3. The van der Waals surface area contributed by atoms with Crippen molar-refractivity contribution in [3.63, 3.8) is 0 Å². The quantitative estimate of drug-likeness (QED) is 0.0273. The van der Waals surface area contributed by atoms with Gasteiger partial charge in [0.25, 0.3) is 34.4 Å². The summed E-state index contributed by atoms with van der Waals surface area (Å²) >= 11 is 0. The number of H-pyrrole nitrogens is 3. The molecule has 500 valence electrons. The van der Waals surface area contributed by atoms with Crippen LogP contribution in [-0.4, -0.2) is 147 Å². The van der Waals surface area contributed by atoms with Crippen LogP contribution < -0.4 is 65.8 Å². The van der Waals surface area contributed by atoms with Crippen LogP contribution >= 0.6 is 8.60 Å². The average Bonchev–Trinajstić information content (AvgIpc) is 0.830. The number of anilines is 6. The van der Waals surface area contributed by atoms with E-state index in [-0.39, 0.29) is 87.7 Å². The Hall–Kier alpha value is -13.2. The Labute approximate surface area is 542 Å². The highest BCUT2D eigenvalue weighted by Gasteiger charge is 2.32. The van der Waals surface area contributed by atoms with E-state index in [4.69, 9.17) is 30.8 Å². The fourth-order valence-electron chi connectivity index (χ4n) is 8.69. The van der Waals surface area contributed by atoms with Gasteiger partial charge in [-0.15, -0.1) is 0 Å². The minimum atomic E-state index is -3.43. The number of fused-ring (bicyclic) bond motifs is 3. The lowest BCUT2D eigenvalue weighted by atomic mass is 10.1. The van der Waals surface area contributed by atoms with Crippen LogP contribution in [0.5, 0.6) is 0 Å². The van der Waals surface area contributed by atoms with Gasteiger partial charge in [0.1, 0.15) is 18.1 Å². The molecule has 0 fully saturated rings. The lowest BCUT2D eigenvalue weighted by molar-refractivity contribution is -0.142. The first-order valence-electron chi connectivity index (χ1n) is 28.5. The Morgan fingerprint density at radius 1 is 0.412 bits per heavy atom. The highest BCUT2D eigenvalue weighted by molar-refractivity contribution is 7.43. The number of nitrogens with two attached hydrogens (primary N) is 3. The minimum Gasteiger partial charge on any atom is -0.480 e. The summed E-state index contributed by atoms with van der Waals surface area (Å²) in [6, 6.07) is 11.7. The number of nitrogen functional groups attached to an aromatic ring is 3. The predicted molar refractivity (Wildman–Crippen MR) is 338 cm³/mol. The standard InChI is InChI=1S/C57H54N21O18P/c58-55-73-43-40(49(85)76-55)67-31(22-64-43)19-61-28-7-1-25(2-8-28)46(82)70-34(52(88)89)13-16-37(79)94-97(95-38(80)17-14-35(53(90)91)71-47(83)26-3-9-29(10-4-26)62-20-32-23-65-44-41(68-32)50(86)77-56(59)74-44)96-39(81)18-15-36(54(92)93)72-48(84)27-5-11-30(12-6-27)63-21-33-24-66-45-42(69-33)51(87)78-57(60)75-45/h1-12,22-24,34-36,61-63H,13-21H2,(H,70,82)(H,71,83)(H,72,84)(H,88,89)(H,90,91)(H,92,93)(H3,58,64,73,76,85)(H3,59,65,74,77,86)(H3,60,66,75,78,87)/t34-,35-,36-/m0/s1. The number of hydrogen-bond donors (Lipinski definition) is 15. The molecule has 18 N–H and O–H groups in total. The molecule has 97 heavy (non-hydrogen) atoms. The van der Waals surface area contributed by atoms with E-state index < -0.39 is 135 Å². The third-order valence-electron chi connectivity index (χ3n) is 13.6. The summed E-state index contributed by atoms with van der Waals surface area (Å²) in [5, 5.41) is 46.0. The van der Waals surface area contributed by atoms with E-state index in [1.807, 2.05) is 0 Å². The first-order valence-corrected chi connectivity index (χ1v) is 29.6. The van der Waals surface area contributed by atoms with Crippen LogP contribution in [0.2, 0.25) is 0 Å². The van der Waals surface area contributed by atoms with Crippen LogP contribution in [0.3, 0.4) is 0 Å². The molecule has 3 amide bonds. The molecule has 0 aliphatic rings. The Morgan fingerprint density at radius 3 is 0.918 bits per heavy atom. The van der Waals surface area contributed by atoms with Crippen molar-refractivity contribution < 1.29 is 72.0 Å². The van der Waals surface area contributed by atoms with Gasteiger partial charge in [-0.25, -0.2) is 44.3 Å². The zero-order valence-corrected chi connectivity index (χ0v) is 50.8. The molecule has 0 spiro atoms. The van der Waals surface area contributed by atoms with Crippen molar-refractivity contribution >= 4 is 131 Å². The van der Waals surface area contributed by atoms with Crippen molar-refractivity contribution in [3.05, 3.63) is 156 Å². The zero-order chi connectivity index (χ0) is 69.4. The number of nitrogens with one attached hydrogen (secondary N) is 9. The van der Waals surface area contributed by atoms with Crippen LogP contribution in [0, 0.1) is 0 Å². The molecule has 0 unspecified atom stereocenters. The Balaban J connectivity index is 0.794. The molecule has 9 aromatic rings. The summed E-state index contributed by atoms with van der Waals surface area (Å²) in [6.07, 6.45) is -0.343. The van der Waals surface area contributed by atoms with Crippen molar-refractivity contribution in [2.75, 3.05) is 33.2 Å². The number of hydrogen-bond acceptors (Lipinski definition) is 30. The minimum absolute atomic E-state index is 0.0173. The van der Waals surface area contributed by atoms with Gasteiger partial charge in [-0.3, -0.25) is 58.1 Å². The summed E-state index contributed by atoms with van der Waals surface area (Å²) in [7, 11) is -3.43. The molecule has 39 nitrogen and oxygen atoms in total. The summed E-state index contributed by atoms with van der Waals surface area (Å²) < 4.78 is 15.5. The molecule has 0 saturated carbocycles. The smallest absolute Gasteiger partial charge is 0.480 e. The third kappa shape index (κ3) is 18.7. The molecule has 0 aliphatic heterocycles. The van der Waals surface area contributed by atoms with E-state index >= 15 is 0 Å². The maximum absolute atomic E-state index is 13.4. The number of amides is 3. The molecule has 0 aliphatic carbocycles. The van der Waals surface area contributed by atoms with Gasteiger partial charge in [0.05, 0.1) is 55.3 Å². The molecule has 0 saturated heterocycles. The molecule has 40 heteroatoms. The lowest BCUT2D eigenvalue weighted by Gasteiger charge is -2.18. The largest absolute Gasteiger partial charge is 0.537 e. The molecule has 3 atom stereocenters. The SMILES string of the molecule is Nc1nc2ncc(CNc3ccc(C(=O)N[C@@H](CCC(=O)OP(OC(=O)CC[C@H](NC(=O)c4ccc(NCc5cnc6nc(N)[nH]c(=O)c6n5)cc4)C(=O)O)OC(=O)CC[C@H](NC(=O)c4ccc(NCc5cnc6nc(N)[nH]c(=O)c6n5)cc4)C(=O)O)C(=O)O)cc3)nc2c(=O)[nH]1.